The van der Waals surface area contributed by atoms with E-state index in [2.05, 4.69) is 154 Å². The maximum absolute atomic E-state index is 13.2. The molecule has 0 fully saturated rings. The highest BCUT2D eigenvalue weighted by Gasteiger charge is 2.25. The summed E-state index contributed by atoms with van der Waals surface area (Å²) in [7, 11) is 4.61. The first kappa shape index (κ1) is 81.0. The van der Waals surface area contributed by atoms with Crippen molar-refractivity contribution in [2.45, 2.75) is 140 Å². The van der Waals surface area contributed by atoms with Crippen LogP contribution < -0.4 is 16.4 Å². The molecule has 556 valence electrons. The van der Waals surface area contributed by atoms with Gasteiger partial charge in [0.05, 0.1) is 51.4 Å². The summed E-state index contributed by atoms with van der Waals surface area (Å²) in [6.07, 6.45) is 8.54. The van der Waals surface area contributed by atoms with E-state index in [1.807, 2.05) is 117 Å². The molecule has 0 aliphatic carbocycles. The molecule has 0 radical (unpaired) electrons. The first-order valence-electron chi connectivity index (χ1n) is 35.5. The zero-order valence-corrected chi connectivity index (χ0v) is 64.7. The zero-order valence-electron chi connectivity index (χ0n) is 63.1. The number of aromatic amines is 1. The van der Waals surface area contributed by atoms with Gasteiger partial charge in [-0.25, -0.2) is 0 Å². The van der Waals surface area contributed by atoms with Crippen molar-refractivity contribution >= 4 is 70.5 Å². The minimum atomic E-state index is -3.79. The summed E-state index contributed by atoms with van der Waals surface area (Å²) >= 11 is 0. The van der Waals surface area contributed by atoms with E-state index < -0.39 is 26.0 Å². The lowest BCUT2D eigenvalue weighted by molar-refractivity contribution is -0.137. The number of aryl methyl sites for hydroxylation is 5. The van der Waals surface area contributed by atoms with Gasteiger partial charge in [0.25, 0.3) is 20.0 Å². The Morgan fingerprint density at radius 1 is 0.448 bits per heavy atom. The van der Waals surface area contributed by atoms with E-state index >= 15 is 0 Å². The number of fused-ring (bicyclic) bond motifs is 3. The van der Waals surface area contributed by atoms with E-state index in [9.17, 15) is 31.2 Å². The molecule has 0 bridgehead atoms. The molecule has 2 amide bonds. The Labute approximate surface area is 620 Å². The Morgan fingerprint density at radius 3 is 1.11 bits per heavy atom. The summed E-state index contributed by atoms with van der Waals surface area (Å²) in [6.45, 7) is 17.8. The van der Waals surface area contributed by atoms with Crippen molar-refractivity contribution in [1.82, 2.24) is 53.9 Å². The second-order valence-electron chi connectivity index (χ2n) is 28.4. The highest BCUT2D eigenvalue weighted by molar-refractivity contribution is 7.90. The van der Waals surface area contributed by atoms with Crippen LogP contribution in [0, 0.1) is 34.6 Å². The first-order chi connectivity index (χ1) is 49.9. The van der Waals surface area contributed by atoms with Gasteiger partial charge in [-0.05, 0) is 208 Å². The van der Waals surface area contributed by atoms with Crippen LogP contribution in [0.15, 0.2) is 204 Å². The number of carbonyl (C=O) groups is 3. The third-order valence-corrected chi connectivity index (χ3v) is 22.4. The average Bonchev–Trinajstić information content (AvgIpc) is 1.66. The fraction of sp³-hybridized carbons (Fsp3) is 0.349. The van der Waals surface area contributed by atoms with Crippen LogP contribution in [0.4, 0.5) is 0 Å². The number of nitrogens with one attached hydrogen (secondary N) is 3. The molecule has 3 heterocycles. The normalized spacial score (nSPS) is 13.4. The van der Waals surface area contributed by atoms with E-state index in [0.29, 0.717) is 49.9 Å². The second-order valence-corrected chi connectivity index (χ2v) is 32.0. The molecule has 0 saturated carbocycles. The van der Waals surface area contributed by atoms with Crippen LogP contribution in [-0.4, -0.2) is 163 Å². The van der Waals surface area contributed by atoms with Crippen molar-refractivity contribution in [3.8, 4) is 0 Å². The summed E-state index contributed by atoms with van der Waals surface area (Å²) in [5.74, 6) is -0.162. The average molecular weight is 1460 g/mol. The lowest BCUT2D eigenvalue weighted by Gasteiger charge is -2.25. The minimum Gasteiger partial charge on any atom is -0.481 e. The number of rotatable bonds is 27. The van der Waals surface area contributed by atoms with Gasteiger partial charge in [-0.15, -0.1) is 0 Å². The Kier molecular flexibility index (Phi) is 28.8. The van der Waals surface area contributed by atoms with Crippen LogP contribution in [0.5, 0.6) is 0 Å². The van der Waals surface area contributed by atoms with Gasteiger partial charge in [0.2, 0.25) is 11.8 Å². The lowest BCUT2D eigenvalue weighted by atomic mass is 9.96. The van der Waals surface area contributed by atoms with Gasteiger partial charge in [0.1, 0.15) is 0 Å². The standard InChI is InChI=1S/C30H36N4O3S.C23H30N4O.C19H24N4O2S.C11H14O2/c1-21-6-11-25(12-7-21)23(3)16-30(35)31-20-27(33(4)5)18-24-10-15-29-26(17-24)19-32-34(29)38(36,37)28-13-8-22(2)9-14-28;1-16-5-8-19(9-6-16)17(2)11-23(28)24-15-21(27(3)4)13-18-7-10-22-20(12-18)14-25-26-22;1-14-4-7-18(8-5-14)26(24,25)23-19-9-6-15(10-16(19)13-21-23)11-17(12-20)22(2)3;1-8-3-5-10(6-4-8)9(2)7-11(12)13/h6-15,17,19,23,27H,16,18,20H2,1-5H3,(H,31,35);5-10,12,14,17,21H,11,13,15H2,1-4H3,(H,24,28)(H,25,26);4-10,13,17H,11-12,20H2,1-3H3;3-6,9H,7H2,1-2H3,(H,12,13)/t23-,27-;17-,21-;17-;9-/m0000/s1. The van der Waals surface area contributed by atoms with Crippen molar-refractivity contribution in [1.29, 1.82) is 0 Å². The van der Waals surface area contributed by atoms with Gasteiger partial charge in [0.15, 0.2) is 0 Å². The van der Waals surface area contributed by atoms with Gasteiger partial charge < -0.3 is 36.2 Å². The van der Waals surface area contributed by atoms with E-state index in [1.54, 1.807) is 67.0 Å². The molecule has 3 aromatic heterocycles. The van der Waals surface area contributed by atoms with Crippen LogP contribution >= 0.6 is 0 Å². The Morgan fingerprint density at radius 2 is 0.771 bits per heavy atom. The molecule has 11 rings (SSSR count). The molecule has 8 aromatic carbocycles. The molecule has 20 nitrogen and oxygen atoms in total. The number of hydrogen-bond donors (Lipinski definition) is 5. The molecule has 0 aliphatic rings. The molecule has 0 unspecified atom stereocenters. The maximum Gasteiger partial charge on any atom is 0.303 e. The number of aliphatic carboxylic acids is 1. The molecule has 0 saturated heterocycles. The summed E-state index contributed by atoms with van der Waals surface area (Å²) < 4.78 is 54.3. The molecule has 22 heteroatoms. The number of nitrogens with zero attached hydrogens (tertiary/aromatic N) is 8. The first-order valence-corrected chi connectivity index (χ1v) is 38.4. The van der Waals surface area contributed by atoms with Crippen LogP contribution in [0.1, 0.15) is 119 Å². The summed E-state index contributed by atoms with van der Waals surface area (Å²) in [5.41, 5.74) is 20.5. The quantitative estimate of drug-likeness (QED) is 0.0320. The molecule has 105 heavy (non-hydrogen) atoms. The van der Waals surface area contributed by atoms with Crippen LogP contribution in [0.25, 0.3) is 32.7 Å². The highest BCUT2D eigenvalue weighted by Crippen LogP contribution is 2.27. The van der Waals surface area contributed by atoms with Crippen molar-refractivity contribution < 1.29 is 36.3 Å². The Balaban J connectivity index is 0.000000186. The number of H-pyrrole nitrogens is 1. The highest BCUT2D eigenvalue weighted by atomic mass is 32.2. The number of nitrogens with two attached hydrogens (primary N) is 1. The number of benzene rings is 8. The Bertz CT molecular complexity index is 4880. The molecule has 0 spiro atoms. The fourth-order valence-corrected chi connectivity index (χ4v) is 14.7. The third kappa shape index (κ3) is 22.9. The summed E-state index contributed by atoms with van der Waals surface area (Å²) in [5, 5.41) is 32.9. The minimum absolute atomic E-state index is 0.0305. The second kappa shape index (κ2) is 37.3. The number of amides is 2. The topological polar surface area (TPSA) is 264 Å². The monoisotopic (exact) mass is 1460 g/mol. The summed E-state index contributed by atoms with van der Waals surface area (Å²) in [6, 6.07) is 56.6. The van der Waals surface area contributed by atoms with Crippen molar-refractivity contribution in [2.75, 3.05) is 61.9 Å². The zero-order chi connectivity index (χ0) is 76.3. The van der Waals surface area contributed by atoms with E-state index in [4.69, 9.17) is 10.8 Å². The largest absolute Gasteiger partial charge is 0.481 e. The van der Waals surface area contributed by atoms with Crippen molar-refractivity contribution in [3.63, 3.8) is 0 Å². The predicted octanol–water partition coefficient (Wildman–Crippen LogP) is 12.9. The molecular weight excluding hydrogens is 1360 g/mol. The van der Waals surface area contributed by atoms with Gasteiger partial charge in [-0.3, -0.25) is 19.5 Å². The van der Waals surface area contributed by atoms with Crippen LogP contribution in [0.2, 0.25) is 0 Å². The van der Waals surface area contributed by atoms with Gasteiger partial charge in [-0.2, -0.15) is 40.3 Å². The number of carboxylic acids is 1. The predicted molar refractivity (Wildman–Crippen MR) is 422 cm³/mol. The van der Waals surface area contributed by atoms with Crippen LogP contribution in [-0.2, 0) is 53.7 Å². The van der Waals surface area contributed by atoms with Gasteiger partial charge >= 0.3 is 5.97 Å². The lowest BCUT2D eigenvalue weighted by Crippen LogP contribution is -2.41. The molecule has 6 N–H and O–H groups in total. The van der Waals surface area contributed by atoms with Gasteiger partial charge in [-0.1, -0.05) is 164 Å². The number of hydrogen-bond acceptors (Lipinski definition) is 14. The Hall–Kier alpha value is -9.68. The SMILES string of the molecule is Cc1ccc(S(=O)(=O)n2ncc3cc(C[C@@H](CN)N(C)C)ccc32)cc1.Cc1ccc([C@@H](C)CC(=O)NC[C@H](Cc2ccc3[nH]ncc3c2)N(C)C)cc1.Cc1ccc([C@@H](C)CC(=O)NC[C@H](Cc2ccc3c(cnn3S(=O)(=O)c3ccc(C)cc3)c2)N(C)C)cc1.Cc1ccc([C@@H](C)CC(=O)O)cc1. The van der Waals surface area contributed by atoms with E-state index in [-0.39, 0.29) is 63.9 Å². The van der Waals surface area contributed by atoms with Crippen molar-refractivity contribution in [3.05, 3.63) is 256 Å². The number of likely N-dealkylation sites (N-methyl/N-ethyl adjacent to an activating group) is 3. The third-order valence-electron chi connectivity index (χ3n) is 19.1. The van der Waals surface area contributed by atoms with E-state index in [0.717, 1.165) is 76.1 Å². The van der Waals surface area contributed by atoms with E-state index in [1.165, 1.54) is 27.8 Å². The number of aromatic nitrogens is 6. The smallest absolute Gasteiger partial charge is 0.303 e. The molecule has 6 atom stereocenters. The number of carbonyl (C=O) groups excluding carboxylic acids is 2. The van der Waals surface area contributed by atoms with Crippen molar-refractivity contribution in [2.24, 2.45) is 5.73 Å². The number of carboxylic acid groups (broad SMARTS) is 1. The molecule has 0 aliphatic heterocycles. The summed E-state index contributed by atoms with van der Waals surface area (Å²) in [4.78, 5) is 42.4. The fourth-order valence-electron chi connectivity index (χ4n) is 12.1. The maximum atomic E-state index is 13.2. The van der Waals surface area contributed by atoms with Crippen LogP contribution in [0.3, 0.4) is 0 Å². The molecule has 11 aromatic rings. The molecular formula is C83H104N12O8S2. The van der Waals surface area contributed by atoms with Gasteiger partial charge in [0, 0.05) is 66.8 Å².